The van der Waals surface area contributed by atoms with Crippen molar-refractivity contribution in [3.63, 3.8) is 0 Å². The van der Waals surface area contributed by atoms with E-state index in [4.69, 9.17) is 10.5 Å². The predicted molar refractivity (Wildman–Crippen MR) is 75.7 cm³/mol. The summed E-state index contributed by atoms with van der Waals surface area (Å²) in [5.74, 6) is 0. The summed E-state index contributed by atoms with van der Waals surface area (Å²) >= 11 is 1.24. The van der Waals surface area contributed by atoms with Crippen molar-refractivity contribution in [3.8, 4) is 0 Å². The highest BCUT2D eigenvalue weighted by Gasteiger charge is 2.21. The van der Waals surface area contributed by atoms with Gasteiger partial charge in [-0.3, -0.25) is 0 Å². The quantitative estimate of drug-likeness (QED) is 0.860. The van der Waals surface area contributed by atoms with E-state index in [1.807, 2.05) is 6.92 Å². The highest BCUT2D eigenvalue weighted by atomic mass is 32.2. The molecule has 0 bridgehead atoms. The standard InChI is InChI=1S/C12H20N2O3S2/c1-9-6-12(18-11(9)7-13)19(15,16)14-8-10-4-2-3-5-17-10/h6,10,14H,2-5,7-8,13H2,1H3. The van der Waals surface area contributed by atoms with E-state index < -0.39 is 10.0 Å². The molecule has 1 saturated heterocycles. The number of aryl methyl sites for hydroxylation is 1. The van der Waals surface area contributed by atoms with E-state index in [0.717, 1.165) is 36.3 Å². The molecule has 0 saturated carbocycles. The van der Waals surface area contributed by atoms with Gasteiger partial charge in [0.1, 0.15) is 4.21 Å². The van der Waals surface area contributed by atoms with E-state index >= 15 is 0 Å². The molecule has 1 aromatic heterocycles. The van der Waals surface area contributed by atoms with Crippen molar-refractivity contribution in [1.29, 1.82) is 0 Å². The van der Waals surface area contributed by atoms with Gasteiger partial charge in [-0.25, -0.2) is 13.1 Å². The van der Waals surface area contributed by atoms with Crippen LogP contribution < -0.4 is 10.5 Å². The molecule has 108 valence electrons. The van der Waals surface area contributed by atoms with Crippen molar-refractivity contribution in [2.45, 2.75) is 43.0 Å². The fourth-order valence-electron chi connectivity index (χ4n) is 2.07. The first-order chi connectivity index (χ1) is 9.03. The predicted octanol–water partition coefficient (Wildman–Crippen LogP) is 1.36. The van der Waals surface area contributed by atoms with Crippen LogP contribution in [0.5, 0.6) is 0 Å². The lowest BCUT2D eigenvalue weighted by molar-refractivity contribution is 0.0200. The SMILES string of the molecule is Cc1cc(S(=O)(=O)NCC2CCCCO2)sc1CN. The Morgan fingerprint density at radius 3 is 2.89 bits per heavy atom. The van der Waals surface area contributed by atoms with Crippen LogP contribution in [0.25, 0.3) is 0 Å². The number of nitrogens with one attached hydrogen (secondary N) is 1. The first kappa shape index (κ1) is 14.9. The van der Waals surface area contributed by atoms with Gasteiger partial charge in [0, 0.05) is 24.6 Å². The molecule has 3 N–H and O–H groups in total. The number of sulfonamides is 1. The van der Waals surface area contributed by atoms with E-state index in [-0.39, 0.29) is 6.10 Å². The Labute approximate surface area is 118 Å². The Kier molecular flexibility index (Phi) is 4.97. The summed E-state index contributed by atoms with van der Waals surface area (Å²) in [4.78, 5) is 0.911. The van der Waals surface area contributed by atoms with Crippen molar-refractivity contribution in [2.24, 2.45) is 5.73 Å². The minimum absolute atomic E-state index is 0.00133. The van der Waals surface area contributed by atoms with Gasteiger partial charge in [-0.1, -0.05) is 0 Å². The molecule has 1 unspecified atom stereocenters. The summed E-state index contributed by atoms with van der Waals surface area (Å²) in [6.45, 7) is 3.32. The summed E-state index contributed by atoms with van der Waals surface area (Å²) in [7, 11) is -3.44. The Morgan fingerprint density at radius 1 is 1.53 bits per heavy atom. The molecule has 2 rings (SSSR count). The zero-order chi connectivity index (χ0) is 13.9. The van der Waals surface area contributed by atoms with E-state index in [1.54, 1.807) is 6.07 Å². The maximum Gasteiger partial charge on any atom is 0.250 e. The Balaban J connectivity index is 2.00. The number of nitrogens with two attached hydrogens (primary N) is 1. The summed E-state index contributed by atoms with van der Waals surface area (Å²) in [5, 5.41) is 0. The third-order valence-electron chi connectivity index (χ3n) is 3.22. The molecule has 1 fully saturated rings. The third kappa shape index (κ3) is 3.76. The van der Waals surface area contributed by atoms with Crippen molar-refractivity contribution in [2.75, 3.05) is 13.2 Å². The molecule has 19 heavy (non-hydrogen) atoms. The zero-order valence-corrected chi connectivity index (χ0v) is 12.6. The van der Waals surface area contributed by atoms with Crippen LogP contribution in [0, 0.1) is 6.92 Å². The molecule has 7 heteroatoms. The lowest BCUT2D eigenvalue weighted by atomic mass is 10.1. The van der Waals surface area contributed by atoms with Gasteiger partial charge < -0.3 is 10.5 Å². The fourth-order valence-corrected chi connectivity index (χ4v) is 4.64. The zero-order valence-electron chi connectivity index (χ0n) is 11.0. The van der Waals surface area contributed by atoms with Crippen molar-refractivity contribution in [3.05, 3.63) is 16.5 Å². The van der Waals surface area contributed by atoms with Crippen LogP contribution in [0.1, 0.15) is 29.7 Å². The van der Waals surface area contributed by atoms with Gasteiger partial charge in [0.15, 0.2) is 0 Å². The molecule has 1 aliphatic heterocycles. The van der Waals surface area contributed by atoms with Gasteiger partial charge in [-0.15, -0.1) is 11.3 Å². The largest absolute Gasteiger partial charge is 0.377 e. The van der Waals surface area contributed by atoms with Crippen LogP contribution in [0.3, 0.4) is 0 Å². The molecule has 0 aliphatic carbocycles. The Morgan fingerprint density at radius 2 is 2.32 bits per heavy atom. The number of rotatable bonds is 5. The first-order valence-corrected chi connectivity index (χ1v) is 8.73. The van der Waals surface area contributed by atoms with Crippen LogP contribution in [-0.2, 0) is 21.3 Å². The van der Waals surface area contributed by atoms with Crippen LogP contribution in [0.2, 0.25) is 0 Å². The van der Waals surface area contributed by atoms with Gasteiger partial charge in [0.05, 0.1) is 6.10 Å². The molecular weight excluding hydrogens is 284 g/mol. The molecule has 1 aliphatic rings. The third-order valence-corrected chi connectivity index (χ3v) is 6.38. The normalized spacial score (nSPS) is 20.6. The minimum Gasteiger partial charge on any atom is -0.377 e. The molecule has 0 spiro atoms. The molecular formula is C12H20N2O3S2. The van der Waals surface area contributed by atoms with Crippen LogP contribution >= 0.6 is 11.3 Å². The lowest BCUT2D eigenvalue weighted by Crippen LogP contribution is -2.35. The molecule has 1 aromatic rings. The number of thiophene rings is 1. The second kappa shape index (κ2) is 6.32. The van der Waals surface area contributed by atoms with Gasteiger partial charge in [0.2, 0.25) is 10.0 Å². The Bertz CT molecular complexity index is 519. The van der Waals surface area contributed by atoms with Gasteiger partial charge in [-0.05, 0) is 37.8 Å². The van der Waals surface area contributed by atoms with E-state index in [1.165, 1.54) is 11.3 Å². The summed E-state index contributed by atoms with van der Waals surface area (Å²) in [6, 6.07) is 1.68. The topological polar surface area (TPSA) is 81.4 Å². The number of hydrogen-bond acceptors (Lipinski definition) is 5. The van der Waals surface area contributed by atoms with Crippen molar-refractivity contribution < 1.29 is 13.2 Å². The average Bonchev–Trinajstić information content (AvgIpc) is 2.80. The molecule has 0 amide bonds. The summed E-state index contributed by atoms with van der Waals surface area (Å²) in [5.41, 5.74) is 6.51. The second-order valence-corrected chi connectivity index (χ2v) is 7.85. The average molecular weight is 304 g/mol. The maximum absolute atomic E-state index is 12.2. The molecule has 5 nitrogen and oxygen atoms in total. The van der Waals surface area contributed by atoms with Crippen molar-refractivity contribution >= 4 is 21.4 Å². The monoisotopic (exact) mass is 304 g/mol. The van der Waals surface area contributed by atoms with E-state index in [9.17, 15) is 8.42 Å². The van der Waals surface area contributed by atoms with Gasteiger partial charge in [0.25, 0.3) is 0 Å². The second-order valence-electron chi connectivity index (χ2n) is 4.72. The summed E-state index contributed by atoms with van der Waals surface area (Å²) < 4.78 is 32.8. The van der Waals surface area contributed by atoms with Gasteiger partial charge in [-0.2, -0.15) is 0 Å². The number of hydrogen-bond donors (Lipinski definition) is 2. The van der Waals surface area contributed by atoms with E-state index in [2.05, 4.69) is 4.72 Å². The fraction of sp³-hybridized carbons (Fsp3) is 0.667. The smallest absolute Gasteiger partial charge is 0.250 e. The minimum atomic E-state index is -3.44. The highest BCUT2D eigenvalue weighted by molar-refractivity contribution is 7.91. The lowest BCUT2D eigenvalue weighted by Gasteiger charge is -2.22. The van der Waals surface area contributed by atoms with Crippen LogP contribution in [-0.4, -0.2) is 27.7 Å². The molecule has 1 atom stereocenters. The summed E-state index contributed by atoms with van der Waals surface area (Å²) in [6.07, 6.45) is 3.08. The molecule has 2 heterocycles. The Hall–Kier alpha value is -0.470. The highest BCUT2D eigenvalue weighted by Crippen LogP contribution is 2.25. The van der Waals surface area contributed by atoms with Crippen molar-refractivity contribution in [1.82, 2.24) is 4.72 Å². The number of ether oxygens (including phenoxy) is 1. The molecule has 0 radical (unpaired) electrons. The van der Waals surface area contributed by atoms with Gasteiger partial charge >= 0.3 is 0 Å². The van der Waals surface area contributed by atoms with Crippen LogP contribution in [0.15, 0.2) is 10.3 Å². The maximum atomic E-state index is 12.2. The molecule has 0 aromatic carbocycles. The van der Waals surface area contributed by atoms with E-state index in [0.29, 0.717) is 17.3 Å². The first-order valence-electron chi connectivity index (χ1n) is 6.43. The van der Waals surface area contributed by atoms with Crippen LogP contribution in [0.4, 0.5) is 0 Å².